The molecule has 3 heterocycles. The Morgan fingerprint density at radius 2 is 2.00 bits per heavy atom. The van der Waals surface area contributed by atoms with Crippen LogP contribution in [-0.4, -0.2) is 58.9 Å². The molecule has 2 aromatic carbocycles. The topological polar surface area (TPSA) is 159 Å². The van der Waals surface area contributed by atoms with E-state index in [0.717, 1.165) is 24.0 Å². The van der Waals surface area contributed by atoms with Crippen molar-refractivity contribution in [2.24, 2.45) is 5.73 Å². The van der Waals surface area contributed by atoms with E-state index >= 15 is 4.39 Å². The van der Waals surface area contributed by atoms with E-state index in [1.165, 1.54) is 4.57 Å². The normalized spacial score (nSPS) is 18.8. The van der Waals surface area contributed by atoms with E-state index in [0.29, 0.717) is 53.2 Å². The summed E-state index contributed by atoms with van der Waals surface area (Å²) in [4.78, 5) is 20.3. The van der Waals surface area contributed by atoms with Crippen molar-refractivity contribution in [3.8, 4) is 16.9 Å². The molecule has 6 N–H and O–H groups in total. The van der Waals surface area contributed by atoms with Crippen molar-refractivity contribution in [3.05, 3.63) is 81.1 Å². The van der Waals surface area contributed by atoms with E-state index in [1.54, 1.807) is 55.6 Å². The standard InChI is InChI=1S/C31H37ClFN7O3S/c1-18(34)4-3-5-20-12-25(29(33)26(32)13-20)27-14-22-15-40(31(41)39-30(22)38-27)24-8-6-21(7-9-24)28-17-44(42,43)16-23(37-28)10-11-36-19(2)35/h6-9,12-15,18,23,28,37H,3-5,10-11,16-17,34H2,1-2H3,(H2,35,36)(H,38,39,41)/t18-,23-,28-/m0/s1. The lowest BCUT2D eigenvalue weighted by Crippen LogP contribution is -2.48. The van der Waals surface area contributed by atoms with Gasteiger partial charge in [-0.2, -0.15) is 4.98 Å². The molecule has 1 saturated heterocycles. The molecular weight excluding hydrogens is 605 g/mol. The lowest BCUT2D eigenvalue weighted by atomic mass is 10.0. The fraction of sp³-hybridized carbons (Fsp3) is 0.387. The van der Waals surface area contributed by atoms with E-state index < -0.39 is 27.4 Å². The van der Waals surface area contributed by atoms with Crippen molar-refractivity contribution in [2.75, 3.05) is 18.1 Å². The highest BCUT2D eigenvalue weighted by Crippen LogP contribution is 2.31. The second-order valence-electron chi connectivity index (χ2n) is 11.6. The Labute approximate surface area is 260 Å². The SMILES string of the molecule is CC(=N)NCC[C@H]1CS(=O)(=O)C[C@@H](c2ccc(-n3cc4cc(-c5cc(CCC[C@H](C)N)cc(Cl)c5F)[nH]c4nc3=O)cc2)N1. The number of rotatable bonds is 10. The third-order valence-corrected chi connectivity index (χ3v) is 9.81. The zero-order valence-electron chi connectivity index (χ0n) is 24.7. The molecular formula is C31H37ClFN7O3S. The molecule has 4 aromatic rings. The van der Waals surface area contributed by atoms with Crippen LogP contribution in [0.3, 0.4) is 0 Å². The minimum absolute atomic E-state index is 0.0205. The zero-order valence-corrected chi connectivity index (χ0v) is 26.2. The van der Waals surface area contributed by atoms with Gasteiger partial charge in [0, 0.05) is 41.8 Å². The first-order chi connectivity index (χ1) is 20.9. The number of aromatic nitrogens is 3. The van der Waals surface area contributed by atoms with Gasteiger partial charge < -0.3 is 21.4 Å². The highest BCUT2D eigenvalue weighted by Gasteiger charge is 2.31. The minimum atomic E-state index is -3.26. The molecule has 0 aliphatic carbocycles. The van der Waals surface area contributed by atoms with Gasteiger partial charge in [-0.05, 0) is 81.0 Å². The summed E-state index contributed by atoms with van der Waals surface area (Å²) < 4.78 is 41.8. The number of benzene rings is 2. The Bertz CT molecular complexity index is 1840. The number of amidine groups is 1. The van der Waals surface area contributed by atoms with Gasteiger partial charge in [0.1, 0.15) is 5.65 Å². The van der Waals surface area contributed by atoms with Crippen LogP contribution in [0, 0.1) is 11.2 Å². The van der Waals surface area contributed by atoms with Gasteiger partial charge in [-0.3, -0.25) is 9.98 Å². The van der Waals surface area contributed by atoms with E-state index in [4.69, 9.17) is 22.7 Å². The predicted molar refractivity (Wildman–Crippen MR) is 173 cm³/mol. The summed E-state index contributed by atoms with van der Waals surface area (Å²) in [5.41, 5.74) is 8.66. The first kappa shape index (κ1) is 31.8. The first-order valence-corrected chi connectivity index (χ1v) is 16.8. The Balaban J connectivity index is 1.38. The number of aryl methyl sites for hydroxylation is 1. The summed E-state index contributed by atoms with van der Waals surface area (Å²) in [5, 5.41) is 14.5. The van der Waals surface area contributed by atoms with Crippen molar-refractivity contribution in [1.29, 1.82) is 5.41 Å². The average molecular weight is 642 g/mol. The Morgan fingerprint density at radius 3 is 2.70 bits per heavy atom. The van der Waals surface area contributed by atoms with Crippen molar-refractivity contribution in [1.82, 2.24) is 25.2 Å². The number of aromatic amines is 1. The highest BCUT2D eigenvalue weighted by atomic mass is 35.5. The number of hydrogen-bond acceptors (Lipinski definition) is 7. The second-order valence-corrected chi connectivity index (χ2v) is 14.2. The first-order valence-electron chi connectivity index (χ1n) is 14.6. The lowest BCUT2D eigenvalue weighted by Gasteiger charge is -2.31. The minimum Gasteiger partial charge on any atom is -0.374 e. The lowest BCUT2D eigenvalue weighted by molar-refractivity contribution is 0.429. The molecule has 234 valence electrons. The van der Waals surface area contributed by atoms with Gasteiger partial charge in [0.25, 0.3) is 0 Å². The van der Waals surface area contributed by atoms with Crippen LogP contribution in [0.5, 0.6) is 0 Å². The molecule has 5 rings (SSSR count). The van der Waals surface area contributed by atoms with E-state index in [1.807, 2.05) is 6.92 Å². The number of nitrogens with zero attached hydrogens (tertiary/aromatic N) is 2. The molecule has 0 spiro atoms. The fourth-order valence-electron chi connectivity index (χ4n) is 5.61. The molecule has 2 aromatic heterocycles. The van der Waals surface area contributed by atoms with Crippen LogP contribution in [0.4, 0.5) is 4.39 Å². The van der Waals surface area contributed by atoms with Crippen molar-refractivity contribution in [2.45, 2.75) is 57.7 Å². The number of halogens is 2. The van der Waals surface area contributed by atoms with Gasteiger partial charge in [-0.15, -0.1) is 0 Å². The summed E-state index contributed by atoms with van der Waals surface area (Å²) >= 11 is 6.23. The number of nitrogens with two attached hydrogens (primary N) is 1. The predicted octanol–water partition coefficient (Wildman–Crippen LogP) is 4.25. The van der Waals surface area contributed by atoms with Gasteiger partial charge in [-0.1, -0.05) is 23.7 Å². The fourth-order valence-corrected chi connectivity index (χ4v) is 7.66. The molecule has 0 unspecified atom stereocenters. The van der Waals surface area contributed by atoms with Gasteiger partial charge in [0.15, 0.2) is 15.7 Å². The van der Waals surface area contributed by atoms with E-state index in [9.17, 15) is 13.2 Å². The highest BCUT2D eigenvalue weighted by molar-refractivity contribution is 7.91. The molecule has 0 amide bonds. The Morgan fingerprint density at radius 1 is 1.25 bits per heavy atom. The summed E-state index contributed by atoms with van der Waals surface area (Å²) in [6.45, 7) is 4.10. The molecule has 13 heteroatoms. The average Bonchev–Trinajstić information content (AvgIpc) is 3.36. The maximum absolute atomic E-state index is 15.1. The van der Waals surface area contributed by atoms with Gasteiger partial charge in [0.05, 0.1) is 33.7 Å². The molecule has 0 radical (unpaired) electrons. The van der Waals surface area contributed by atoms with Crippen molar-refractivity contribution < 1.29 is 12.8 Å². The van der Waals surface area contributed by atoms with Gasteiger partial charge >= 0.3 is 5.69 Å². The van der Waals surface area contributed by atoms with E-state index in [-0.39, 0.29) is 28.6 Å². The molecule has 1 aliphatic heterocycles. The largest absolute Gasteiger partial charge is 0.374 e. The Kier molecular flexibility index (Phi) is 9.54. The van der Waals surface area contributed by atoms with Gasteiger partial charge in [0.2, 0.25) is 0 Å². The quantitative estimate of drug-likeness (QED) is 0.128. The number of hydrogen-bond donors (Lipinski definition) is 5. The number of fused-ring (bicyclic) bond motifs is 1. The molecule has 3 atom stereocenters. The Hall–Kier alpha value is -3.58. The maximum atomic E-state index is 15.1. The summed E-state index contributed by atoms with van der Waals surface area (Å²) in [7, 11) is -3.26. The van der Waals surface area contributed by atoms with Crippen LogP contribution in [-0.2, 0) is 16.3 Å². The molecule has 1 fully saturated rings. The van der Waals surface area contributed by atoms with Gasteiger partial charge in [-0.25, -0.2) is 17.6 Å². The van der Waals surface area contributed by atoms with Crippen LogP contribution in [0.1, 0.15) is 50.3 Å². The van der Waals surface area contributed by atoms with Crippen LogP contribution in [0.25, 0.3) is 28.0 Å². The molecule has 0 saturated carbocycles. The maximum Gasteiger partial charge on any atom is 0.354 e. The third kappa shape index (κ3) is 7.55. The number of sulfone groups is 1. The van der Waals surface area contributed by atoms with E-state index in [2.05, 4.69) is 20.6 Å². The summed E-state index contributed by atoms with van der Waals surface area (Å²) in [6, 6.07) is 11.7. The summed E-state index contributed by atoms with van der Waals surface area (Å²) in [5.74, 6) is -0.188. The smallest absolute Gasteiger partial charge is 0.354 e. The van der Waals surface area contributed by atoms with Crippen molar-refractivity contribution >= 4 is 38.3 Å². The molecule has 0 bridgehead atoms. The third-order valence-electron chi connectivity index (χ3n) is 7.78. The number of nitrogens with one attached hydrogen (secondary N) is 4. The van der Waals surface area contributed by atoms with Crippen LogP contribution in [0.2, 0.25) is 5.02 Å². The molecule has 10 nitrogen and oxygen atoms in total. The zero-order chi connectivity index (χ0) is 31.6. The number of H-pyrrole nitrogens is 1. The summed E-state index contributed by atoms with van der Waals surface area (Å²) in [6.07, 6.45) is 4.61. The van der Waals surface area contributed by atoms with Crippen LogP contribution in [0.15, 0.2) is 53.5 Å². The second kappa shape index (κ2) is 13.2. The van der Waals surface area contributed by atoms with Crippen LogP contribution < -0.4 is 22.1 Å². The van der Waals surface area contributed by atoms with Crippen molar-refractivity contribution in [3.63, 3.8) is 0 Å². The monoisotopic (exact) mass is 641 g/mol. The van der Waals surface area contributed by atoms with Crippen LogP contribution >= 0.6 is 11.6 Å². The molecule has 44 heavy (non-hydrogen) atoms. The molecule has 1 aliphatic rings.